The van der Waals surface area contributed by atoms with E-state index in [0.717, 1.165) is 7.11 Å². The lowest BCUT2D eigenvalue weighted by molar-refractivity contribution is 0.399. The van der Waals surface area contributed by atoms with Gasteiger partial charge in [-0.15, -0.1) is 0 Å². The summed E-state index contributed by atoms with van der Waals surface area (Å²) < 4.78 is 0. The molecule has 11 heavy (non-hydrogen) atoms. The summed E-state index contributed by atoms with van der Waals surface area (Å²) in [6.07, 6.45) is 4.12. The van der Waals surface area contributed by atoms with Crippen LogP contribution in [0.25, 0.3) is 6.08 Å². The molecule has 1 N–H and O–H groups in total. The fourth-order valence-electron chi connectivity index (χ4n) is 0.757. The molecule has 0 aliphatic heterocycles. The van der Waals surface area contributed by atoms with Gasteiger partial charge in [-0.25, -0.2) is 0 Å². The summed E-state index contributed by atoms with van der Waals surface area (Å²) >= 11 is 0. The molecule has 0 heterocycles. The van der Waals surface area contributed by atoms with Crippen molar-refractivity contribution in [3.8, 4) is 0 Å². The molecule has 0 spiro atoms. The minimum absolute atomic E-state index is 1.00. The largest absolute Gasteiger partial charge is 0.400 e. The third-order valence-electron chi connectivity index (χ3n) is 1.16. The first-order valence-corrected chi connectivity index (χ1v) is 3.56. The lowest BCUT2D eigenvalue weighted by atomic mass is 10.2. The van der Waals surface area contributed by atoms with Gasteiger partial charge in [0.2, 0.25) is 0 Å². The van der Waals surface area contributed by atoms with E-state index >= 15 is 0 Å². The van der Waals surface area contributed by atoms with Gasteiger partial charge in [-0.05, 0) is 12.5 Å². The molecule has 0 aliphatic carbocycles. The van der Waals surface area contributed by atoms with Gasteiger partial charge in [0.05, 0.1) is 0 Å². The van der Waals surface area contributed by atoms with Crippen molar-refractivity contribution in [1.29, 1.82) is 0 Å². The molecule has 1 heteroatoms. The maximum absolute atomic E-state index is 7.00. The Kier molecular flexibility index (Phi) is 6.34. The molecule has 1 nitrogen and oxygen atoms in total. The molecule has 0 bridgehead atoms. The van der Waals surface area contributed by atoms with E-state index in [1.165, 1.54) is 5.56 Å². The molecule has 60 valence electrons. The predicted octanol–water partition coefficient (Wildman–Crippen LogP) is 2.33. The second-order valence-corrected chi connectivity index (χ2v) is 1.91. The molecule has 0 saturated heterocycles. The van der Waals surface area contributed by atoms with Crippen molar-refractivity contribution in [1.82, 2.24) is 0 Å². The average molecular weight is 150 g/mol. The van der Waals surface area contributed by atoms with Crippen molar-refractivity contribution in [2.75, 3.05) is 7.11 Å². The maximum atomic E-state index is 7.00. The Labute approximate surface area is 68.0 Å². The van der Waals surface area contributed by atoms with Crippen molar-refractivity contribution in [3.05, 3.63) is 42.0 Å². The van der Waals surface area contributed by atoms with Gasteiger partial charge >= 0.3 is 0 Å². The summed E-state index contributed by atoms with van der Waals surface area (Å²) in [7, 11) is 1.00. The van der Waals surface area contributed by atoms with Crippen LogP contribution in [0.15, 0.2) is 36.4 Å². The topological polar surface area (TPSA) is 20.2 Å². The van der Waals surface area contributed by atoms with Crippen molar-refractivity contribution < 1.29 is 5.11 Å². The highest BCUT2D eigenvalue weighted by atomic mass is 16.2. The van der Waals surface area contributed by atoms with E-state index in [2.05, 4.69) is 18.2 Å². The normalized spacial score (nSPS) is 9.00. The molecular formula is C10H14O. The lowest BCUT2D eigenvalue weighted by Gasteiger charge is -1.86. The molecule has 1 aromatic rings. The highest BCUT2D eigenvalue weighted by Crippen LogP contribution is 1.99. The first-order chi connectivity index (χ1) is 5.43. The monoisotopic (exact) mass is 150 g/mol. The van der Waals surface area contributed by atoms with Crippen LogP contribution in [-0.2, 0) is 0 Å². The second kappa shape index (κ2) is 7.03. The van der Waals surface area contributed by atoms with Crippen LogP contribution in [0.3, 0.4) is 0 Å². The van der Waals surface area contributed by atoms with E-state index in [4.69, 9.17) is 5.11 Å². The number of allylic oxidation sites excluding steroid dienone is 1. The number of benzene rings is 1. The molecule has 0 saturated carbocycles. The summed E-state index contributed by atoms with van der Waals surface area (Å²) in [5.41, 5.74) is 1.26. The molecule has 0 aliphatic rings. The Morgan fingerprint density at radius 1 is 1.09 bits per heavy atom. The molecule has 0 aromatic heterocycles. The van der Waals surface area contributed by atoms with Crippen LogP contribution in [0.2, 0.25) is 0 Å². The first-order valence-electron chi connectivity index (χ1n) is 3.56. The van der Waals surface area contributed by atoms with Gasteiger partial charge in [0.1, 0.15) is 0 Å². The van der Waals surface area contributed by atoms with E-state index < -0.39 is 0 Å². The molecule has 0 amide bonds. The van der Waals surface area contributed by atoms with Gasteiger partial charge in [-0.2, -0.15) is 0 Å². The second-order valence-electron chi connectivity index (χ2n) is 1.91. The van der Waals surface area contributed by atoms with Crippen LogP contribution < -0.4 is 0 Å². The highest BCUT2D eigenvalue weighted by molar-refractivity contribution is 5.47. The Balaban J connectivity index is 0.000000461. The van der Waals surface area contributed by atoms with Crippen molar-refractivity contribution in [2.24, 2.45) is 0 Å². The zero-order valence-electron chi connectivity index (χ0n) is 6.99. The fourth-order valence-corrected chi connectivity index (χ4v) is 0.757. The van der Waals surface area contributed by atoms with Gasteiger partial charge in [-0.1, -0.05) is 42.5 Å². The number of hydrogen-bond acceptors (Lipinski definition) is 1. The third kappa shape index (κ3) is 4.34. The Morgan fingerprint density at radius 3 is 2.09 bits per heavy atom. The van der Waals surface area contributed by atoms with Gasteiger partial charge < -0.3 is 5.11 Å². The van der Waals surface area contributed by atoms with Crippen molar-refractivity contribution in [3.63, 3.8) is 0 Å². The van der Waals surface area contributed by atoms with E-state index in [1.54, 1.807) is 0 Å². The Bertz CT molecular complexity index is 189. The SMILES string of the molecule is C/C=C/c1ccccc1.CO. The van der Waals surface area contributed by atoms with Crippen molar-refractivity contribution >= 4 is 6.08 Å². The molecule has 0 fully saturated rings. The number of aliphatic hydroxyl groups excluding tert-OH is 1. The minimum atomic E-state index is 1.00. The van der Waals surface area contributed by atoms with Crippen LogP contribution >= 0.6 is 0 Å². The molecule has 1 rings (SSSR count). The zero-order valence-corrected chi connectivity index (χ0v) is 6.99. The van der Waals surface area contributed by atoms with Crippen LogP contribution in [0.5, 0.6) is 0 Å². The van der Waals surface area contributed by atoms with Gasteiger partial charge in [0.25, 0.3) is 0 Å². The number of aliphatic hydroxyl groups is 1. The average Bonchev–Trinajstić information content (AvgIpc) is 2.11. The smallest absolute Gasteiger partial charge is 0.0319 e. The predicted molar refractivity (Wildman–Crippen MR) is 49.3 cm³/mol. The zero-order chi connectivity index (χ0) is 8.53. The fraction of sp³-hybridized carbons (Fsp3) is 0.200. The van der Waals surface area contributed by atoms with E-state index in [0.29, 0.717) is 0 Å². The van der Waals surface area contributed by atoms with E-state index in [1.807, 2.05) is 31.2 Å². The minimum Gasteiger partial charge on any atom is -0.400 e. The van der Waals surface area contributed by atoms with Crippen molar-refractivity contribution in [2.45, 2.75) is 6.92 Å². The first kappa shape index (κ1) is 9.92. The summed E-state index contributed by atoms with van der Waals surface area (Å²) in [5, 5.41) is 7.00. The summed E-state index contributed by atoms with van der Waals surface area (Å²) in [6, 6.07) is 10.3. The molecule has 0 unspecified atom stereocenters. The van der Waals surface area contributed by atoms with Crippen LogP contribution in [-0.4, -0.2) is 12.2 Å². The van der Waals surface area contributed by atoms with Gasteiger partial charge in [0, 0.05) is 7.11 Å². The number of rotatable bonds is 1. The molecular weight excluding hydrogens is 136 g/mol. The maximum Gasteiger partial charge on any atom is 0.0319 e. The Morgan fingerprint density at radius 2 is 1.64 bits per heavy atom. The summed E-state index contributed by atoms with van der Waals surface area (Å²) in [4.78, 5) is 0. The summed E-state index contributed by atoms with van der Waals surface area (Å²) in [6.45, 7) is 2.02. The van der Waals surface area contributed by atoms with Crippen LogP contribution in [0, 0.1) is 0 Å². The molecule has 0 radical (unpaired) electrons. The quantitative estimate of drug-likeness (QED) is 0.651. The standard InChI is InChI=1S/C9H10.CH4O/c1-2-6-9-7-4-3-5-8-9;1-2/h2-8H,1H3;2H,1H3/b6-2+;. The highest BCUT2D eigenvalue weighted by Gasteiger charge is 1.77. The van der Waals surface area contributed by atoms with Gasteiger partial charge in [-0.3, -0.25) is 0 Å². The third-order valence-corrected chi connectivity index (χ3v) is 1.16. The summed E-state index contributed by atoms with van der Waals surface area (Å²) in [5.74, 6) is 0. The number of hydrogen-bond donors (Lipinski definition) is 1. The van der Waals surface area contributed by atoms with Gasteiger partial charge in [0.15, 0.2) is 0 Å². The lowest BCUT2D eigenvalue weighted by Crippen LogP contribution is -1.65. The van der Waals surface area contributed by atoms with E-state index in [-0.39, 0.29) is 0 Å². The van der Waals surface area contributed by atoms with Crippen LogP contribution in [0.4, 0.5) is 0 Å². The molecule has 1 aromatic carbocycles. The Hall–Kier alpha value is -1.08. The van der Waals surface area contributed by atoms with E-state index in [9.17, 15) is 0 Å². The van der Waals surface area contributed by atoms with Crippen LogP contribution in [0.1, 0.15) is 12.5 Å². The molecule has 0 atom stereocenters.